The molecule has 0 aromatic heterocycles. The summed E-state index contributed by atoms with van der Waals surface area (Å²) in [6.07, 6.45) is 1.57. The molecular weight excluding hydrogens is 548 g/mol. The number of imide groups is 1. The number of rotatable bonds is 8. The largest absolute Gasteiger partial charge is 0.490 e. The Hall–Kier alpha value is -2.71. The summed E-state index contributed by atoms with van der Waals surface area (Å²) in [5.74, 6) is -0.107. The van der Waals surface area contributed by atoms with Crippen molar-refractivity contribution in [2.75, 3.05) is 6.61 Å². The standard InChI is InChI=1S/C26H19Cl3FNO4S/c1-2-34-22-11-16(10-21(29)24(22)35-14-15-6-8-17(30)9-7-15)12-23-25(32)31(26(33)36-23)13-18-19(27)4-3-5-20(18)28/h3-12H,2,13-14H2,1H3/b23-12-. The van der Waals surface area contributed by atoms with Gasteiger partial charge in [0.25, 0.3) is 11.1 Å². The van der Waals surface area contributed by atoms with E-state index in [0.717, 1.165) is 22.2 Å². The van der Waals surface area contributed by atoms with Crippen LogP contribution in [-0.4, -0.2) is 22.7 Å². The molecule has 0 N–H and O–H groups in total. The van der Waals surface area contributed by atoms with Crippen molar-refractivity contribution in [1.82, 2.24) is 4.90 Å². The molecular formula is C26H19Cl3FNO4S. The third-order valence-electron chi connectivity index (χ3n) is 5.18. The van der Waals surface area contributed by atoms with Crippen molar-refractivity contribution in [3.8, 4) is 11.5 Å². The van der Waals surface area contributed by atoms with E-state index in [1.807, 2.05) is 6.92 Å². The van der Waals surface area contributed by atoms with Crippen LogP contribution in [0.3, 0.4) is 0 Å². The molecule has 4 rings (SSSR count). The summed E-state index contributed by atoms with van der Waals surface area (Å²) in [7, 11) is 0. The lowest BCUT2D eigenvalue weighted by molar-refractivity contribution is -0.123. The van der Waals surface area contributed by atoms with Crippen molar-refractivity contribution in [3.05, 3.63) is 97.1 Å². The first-order valence-corrected chi connectivity index (χ1v) is 12.7. The normalized spacial score (nSPS) is 14.6. The van der Waals surface area contributed by atoms with Crippen molar-refractivity contribution in [2.24, 2.45) is 0 Å². The maximum absolute atomic E-state index is 13.2. The first kappa shape index (κ1) is 26.4. The highest BCUT2D eigenvalue weighted by atomic mass is 35.5. The second-order valence-corrected chi connectivity index (χ2v) is 9.86. The summed E-state index contributed by atoms with van der Waals surface area (Å²) in [5.41, 5.74) is 1.80. The lowest BCUT2D eigenvalue weighted by Crippen LogP contribution is -2.27. The van der Waals surface area contributed by atoms with Gasteiger partial charge in [0.2, 0.25) is 0 Å². The number of carbonyl (C=O) groups excluding carboxylic acids is 2. The van der Waals surface area contributed by atoms with Crippen LogP contribution < -0.4 is 9.47 Å². The van der Waals surface area contributed by atoms with Crippen molar-refractivity contribution in [3.63, 3.8) is 0 Å². The van der Waals surface area contributed by atoms with Crippen LogP contribution in [0.2, 0.25) is 15.1 Å². The molecule has 0 unspecified atom stereocenters. The van der Waals surface area contributed by atoms with E-state index in [2.05, 4.69) is 0 Å². The Kier molecular flexibility index (Phi) is 8.46. The van der Waals surface area contributed by atoms with Gasteiger partial charge in [0.15, 0.2) is 11.5 Å². The van der Waals surface area contributed by atoms with E-state index in [1.165, 1.54) is 12.1 Å². The van der Waals surface area contributed by atoms with Gasteiger partial charge < -0.3 is 9.47 Å². The molecule has 1 aliphatic heterocycles. The number of halogens is 4. The highest BCUT2D eigenvalue weighted by molar-refractivity contribution is 8.18. The van der Waals surface area contributed by atoms with Crippen LogP contribution in [-0.2, 0) is 17.9 Å². The van der Waals surface area contributed by atoms with Crippen molar-refractivity contribution in [2.45, 2.75) is 20.1 Å². The minimum absolute atomic E-state index is 0.0401. The zero-order valence-corrected chi connectivity index (χ0v) is 22.0. The van der Waals surface area contributed by atoms with Gasteiger partial charge in [0, 0.05) is 15.6 Å². The van der Waals surface area contributed by atoms with Gasteiger partial charge in [0.1, 0.15) is 12.4 Å². The van der Waals surface area contributed by atoms with Crippen molar-refractivity contribution in [1.29, 1.82) is 0 Å². The Morgan fingerprint density at radius 3 is 2.33 bits per heavy atom. The van der Waals surface area contributed by atoms with Gasteiger partial charge in [-0.15, -0.1) is 0 Å². The van der Waals surface area contributed by atoms with Crippen LogP contribution in [0.4, 0.5) is 9.18 Å². The fourth-order valence-corrected chi connectivity index (χ4v) is 5.07. The summed E-state index contributed by atoms with van der Waals surface area (Å²) >= 11 is 19.7. The molecule has 2 amide bonds. The molecule has 1 aliphatic rings. The lowest BCUT2D eigenvalue weighted by Gasteiger charge is -2.15. The number of carbonyl (C=O) groups is 2. The Balaban J connectivity index is 1.56. The second kappa shape index (κ2) is 11.6. The minimum Gasteiger partial charge on any atom is -0.490 e. The monoisotopic (exact) mass is 565 g/mol. The van der Waals surface area contributed by atoms with E-state index in [9.17, 15) is 14.0 Å². The molecule has 0 saturated carbocycles. The van der Waals surface area contributed by atoms with Crippen molar-refractivity contribution < 1.29 is 23.5 Å². The molecule has 0 aliphatic carbocycles. The Morgan fingerprint density at radius 1 is 0.972 bits per heavy atom. The zero-order valence-electron chi connectivity index (χ0n) is 18.9. The van der Waals surface area contributed by atoms with Gasteiger partial charge in [-0.1, -0.05) is 53.0 Å². The zero-order chi connectivity index (χ0) is 25.8. The summed E-state index contributed by atoms with van der Waals surface area (Å²) in [4.78, 5) is 26.9. The Bertz CT molecular complexity index is 1330. The topological polar surface area (TPSA) is 55.8 Å². The second-order valence-electron chi connectivity index (χ2n) is 7.65. The Morgan fingerprint density at radius 2 is 1.67 bits per heavy atom. The Labute approximate surface area is 226 Å². The molecule has 186 valence electrons. The van der Waals surface area contributed by atoms with Gasteiger partial charge in [0.05, 0.1) is 23.1 Å². The van der Waals surface area contributed by atoms with Gasteiger partial charge in [-0.2, -0.15) is 0 Å². The summed E-state index contributed by atoms with van der Waals surface area (Å²) in [5, 5.41) is 0.568. The molecule has 0 radical (unpaired) electrons. The third kappa shape index (κ3) is 5.98. The fourth-order valence-electron chi connectivity index (χ4n) is 3.44. The summed E-state index contributed by atoms with van der Waals surface area (Å²) < 4.78 is 24.7. The predicted octanol–water partition coefficient (Wildman–Crippen LogP) is 8.00. The van der Waals surface area contributed by atoms with E-state index in [4.69, 9.17) is 44.3 Å². The first-order chi connectivity index (χ1) is 17.3. The molecule has 0 atom stereocenters. The molecule has 1 fully saturated rings. The van der Waals surface area contributed by atoms with Gasteiger partial charge in [-0.05, 0) is 72.3 Å². The minimum atomic E-state index is -0.466. The SMILES string of the molecule is CCOc1cc(/C=C2\SC(=O)N(Cc3c(Cl)cccc3Cl)C2=O)cc(Cl)c1OCc1ccc(F)cc1. The van der Waals surface area contributed by atoms with Crippen LogP contribution in [0, 0.1) is 5.82 Å². The smallest absolute Gasteiger partial charge is 0.293 e. The molecule has 3 aromatic rings. The number of nitrogens with zero attached hydrogens (tertiary/aromatic N) is 1. The average Bonchev–Trinajstić information content (AvgIpc) is 3.09. The maximum atomic E-state index is 13.2. The van der Waals surface area contributed by atoms with E-state index in [-0.39, 0.29) is 28.9 Å². The number of thioether (sulfide) groups is 1. The molecule has 10 heteroatoms. The van der Waals surface area contributed by atoms with E-state index < -0.39 is 11.1 Å². The van der Waals surface area contributed by atoms with Crippen molar-refractivity contribution >= 4 is 63.8 Å². The highest BCUT2D eigenvalue weighted by Gasteiger charge is 2.35. The fraction of sp³-hybridized carbons (Fsp3) is 0.154. The third-order valence-corrected chi connectivity index (χ3v) is 7.07. The molecule has 1 heterocycles. The summed E-state index contributed by atoms with van der Waals surface area (Å²) in [6, 6.07) is 14.2. The van der Waals surface area contributed by atoms with Gasteiger partial charge in [-0.3, -0.25) is 14.5 Å². The number of hydrogen-bond acceptors (Lipinski definition) is 5. The van der Waals surface area contributed by atoms with Crippen LogP contribution in [0.15, 0.2) is 59.5 Å². The quantitative estimate of drug-likeness (QED) is 0.259. The van der Waals surface area contributed by atoms with Crippen LogP contribution in [0.5, 0.6) is 11.5 Å². The molecule has 0 spiro atoms. The van der Waals surface area contributed by atoms with Crippen LogP contribution >= 0.6 is 46.6 Å². The average molecular weight is 567 g/mol. The molecule has 5 nitrogen and oxygen atoms in total. The van der Waals surface area contributed by atoms with Crippen LogP contribution in [0.1, 0.15) is 23.6 Å². The maximum Gasteiger partial charge on any atom is 0.293 e. The lowest BCUT2D eigenvalue weighted by atomic mass is 10.1. The number of benzene rings is 3. The first-order valence-electron chi connectivity index (χ1n) is 10.8. The van der Waals surface area contributed by atoms with E-state index in [0.29, 0.717) is 39.3 Å². The van der Waals surface area contributed by atoms with E-state index in [1.54, 1.807) is 48.5 Å². The number of amides is 2. The molecule has 1 saturated heterocycles. The van der Waals surface area contributed by atoms with Crippen LogP contribution in [0.25, 0.3) is 6.08 Å². The summed E-state index contributed by atoms with van der Waals surface area (Å²) in [6.45, 7) is 2.28. The molecule has 0 bridgehead atoms. The van der Waals surface area contributed by atoms with E-state index >= 15 is 0 Å². The highest BCUT2D eigenvalue weighted by Crippen LogP contribution is 2.40. The van der Waals surface area contributed by atoms with Gasteiger partial charge in [-0.25, -0.2) is 4.39 Å². The predicted molar refractivity (Wildman–Crippen MR) is 141 cm³/mol. The van der Waals surface area contributed by atoms with Gasteiger partial charge >= 0.3 is 0 Å². The molecule has 3 aromatic carbocycles. The molecule has 36 heavy (non-hydrogen) atoms. The number of hydrogen-bond donors (Lipinski definition) is 0. The number of ether oxygens (including phenoxy) is 2.